The summed E-state index contributed by atoms with van der Waals surface area (Å²) in [7, 11) is 0. The largest absolute Gasteiger partial charge is 0.310 e. The molecule has 0 bridgehead atoms. The van der Waals surface area contributed by atoms with Gasteiger partial charge in [0.1, 0.15) is 0 Å². The zero-order valence-electron chi connectivity index (χ0n) is 11.0. The zero-order valence-corrected chi connectivity index (χ0v) is 11.0. The molecule has 0 amide bonds. The van der Waals surface area contributed by atoms with Crippen molar-refractivity contribution in [3.63, 3.8) is 0 Å². The van der Waals surface area contributed by atoms with Crippen molar-refractivity contribution in [3.8, 4) is 0 Å². The van der Waals surface area contributed by atoms with Crippen LogP contribution in [0.25, 0.3) is 0 Å². The topological polar surface area (TPSA) is 55.2 Å². The van der Waals surface area contributed by atoms with E-state index in [0.29, 0.717) is 6.04 Å². The van der Waals surface area contributed by atoms with E-state index in [1.165, 1.54) is 12.8 Å². The molecule has 1 aromatic rings. The molecule has 0 aliphatic heterocycles. The Morgan fingerprint density at radius 2 is 2.22 bits per heavy atom. The Hall–Kier alpha value is -1.42. The summed E-state index contributed by atoms with van der Waals surface area (Å²) in [5.74, 6) is 0.814. The van der Waals surface area contributed by atoms with Crippen molar-refractivity contribution in [3.05, 3.63) is 39.4 Å². The van der Waals surface area contributed by atoms with Crippen LogP contribution in [0.1, 0.15) is 37.3 Å². The van der Waals surface area contributed by atoms with Gasteiger partial charge in [-0.25, -0.2) is 0 Å². The molecule has 4 nitrogen and oxygen atoms in total. The van der Waals surface area contributed by atoms with Gasteiger partial charge in [0.2, 0.25) is 0 Å². The van der Waals surface area contributed by atoms with Gasteiger partial charge < -0.3 is 5.32 Å². The van der Waals surface area contributed by atoms with Crippen LogP contribution in [0.3, 0.4) is 0 Å². The van der Waals surface area contributed by atoms with E-state index in [-0.39, 0.29) is 10.6 Å². The fourth-order valence-corrected chi connectivity index (χ4v) is 2.44. The Morgan fingerprint density at radius 1 is 1.50 bits per heavy atom. The minimum atomic E-state index is -0.309. The molecule has 0 radical (unpaired) electrons. The molecule has 1 saturated carbocycles. The van der Waals surface area contributed by atoms with Crippen LogP contribution in [0, 0.1) is 23.0 Å². The van der Waals surface area contributed by atoms with Gasteiger partial charge in [-0.15, -0.1) is 0 Å². The molecular formula is C14H20N2O2. The Bertz CT molecular complexity index is 441. The van der Waals surface area contributed by atoms with Crippen molar-refractivity contribution in [2.24, 2.45) is 5.92 Å². The van der Waals surface area contributed by atoms with E-state index in [4.69, 9.17) is 0 Å². The van der Waals surface area contributed by atoms with Crippen molar-refractivity contribution in [1.82, 2.24) is 5.32 Å². The summed E-state index contributed by atoms with van der Waals surface area (Å²) in [5.41, 5.74) is 2.03. The number of nitro benzene ring substituents is 1. The van der Waals surface area contributed by atoms with Gasteiger partial charge in [-0.3, -0.25) is 10.1 Å². The molecule has 1 N–H and O–H groups in total. The lowest BCUT2D eigenvalue weighted by Gasteiger charge is -2.17. The highest BCUT2D eigenvalue weighted by atomic mass is 16.6. The first-order valence-electron chi connectivity index (χ1n) is 6.59. The maximum atomic E-state index is 10.9. The Balaban J connectivity index is 2.04. The Labute approximate surface area is 108 Å². The summed E-state index contributed by atoms with van der Waals surface area (Å²) in [5, 5.41) is 14.4. The first kappa shape index (κ1) is 13.0. The second-order valence-corrected chi connectivity index (χ2v) is 5.05. The smallest absolute Gasteiger partial charge is 0.272 e. The highest BCUT2D eigenvalue weighted by Gasteiger charge is 2.29. The van der Waals surface area contributed by atoms with Crippen LogP contribution in [-0.2, 0) is 6.54 Å². The fraction of sp³-hybridized carbons (Fsp3) is 0.571. The molecule has 0 aromatic heterocycles. The number of hydrogen-bond donors (Lipinski definition) is 1. The van der Waals surface area contributed by atoms with Crippen LogP contribution in [0.15, 0.2) is 18.2 Å². The van der Waals surface area contributed by atoms with Gasteiger partial charge in [0, 0.05) is 24.2 Å². The quantitative estimate of drug-likeness (QED) is 0.621. The fourth-order valence-electron chi connectivity index (χ4n) is 2.44. The molecule has 1 unspecified atom stereocenters. The average Bonchev–Trinajstić information content (AvgIpc) is 3.16. The number of hydrogen-bond acceptors (Lipinski definition) is 3. The first-order valence-corrected chi connectivity index (χ1v) is 6.59. The third-order valence-corrected chi connectivity index (χ3v) is 3.80. The second-order valence-electron chi connectivity index (χ2n) is 5.05. The van der Waals surface area contributed by atoms with Crippen LogP contribution >= 0.6 is 0 Å². The molecule has 0 heterocycles. The predicted molar refractivity (Wildman–Crippen MR) is 71.5 cm³/mol. The summed E-state index contributed by atoms with van der Waals surface area (Å²) in [4.78, 5) is 10.6. The summed E-state index contributed by atoms with van der Waals surface area (Å²) >= 11 is 0. The zero-order chi connectivity index (χ0) is 13.1. The van der Waals surface area contributed by atoms with Gasteiger partial charge in [0.05, 0.1) is 4.92 Å². The predicted octanol–water partition coefficient (Wildman–Crippen LogP) is 3.18. The van der Waals surface area contributed by atoms with E-state index in [1.807, 2.05) is 13.0 Å². The minimum absolute atomic E-state index is 0.216. The van der Waals surface area contributed by atoms with Gasteiger partial charge >= 0.3 is 0 Å². The van der Waals surface area contributed by atoms with Crippen LogP contribution < -0.4 is 5.32 Å². The average molecular weight is 248 g/mol. The van der Waals surface area contributed by atoms with Gasteiger partial charge in [0.15, 0.2) is 0 Å². The summed E-state index contributed by atoms with van der Waals surface area (Å²) in [6.07, 6.45) is 3.76. The molecule has 18 heavy (non-hydrogen) atoms. The third-order valence-electron chi connectivity index (χ3n) is 3.80. The van der Waals surface area contributed by atoms with E-state index in [2.05, 4.69) is 12.2 Å². The first-order chi connectivity index (χ1) is 8.63. The SMILES string of the molecule is CCC(NCc1cccc([N+](=O)[O-])c1C)C1CC1. The Morgan fingerprint density at radius 3 is 2.78 bits per heavy atom. The van der Waals surface area contributed by atoms with Gasteiger partial charge in [-0.1, -0.05) is 19.1 Å². The van der Waals surface area contributed by atoms with Crippen molar-refractivity contribution >= 4 is 5.69 Å². The minimum Gasteiger partial charge on any atom is -0.310 e. The van der Waals surface area contributed by atoms with Crippen molar-refractivity contribution in [1.29, 1.82) is 0 Å². The van der Waals surface area contributed by atoms with Crippen molar-refractivity contribution in [2.45, 2.75) is 45.7 Å². The molecule has 1 aliphatic carbocycles. The molecule has 4 heteroatoms. The number of rotatable bonds is 6. The molecule has 1 fully saturated rings. The molecule has 1 atom stereocenters. The van der Waals surface area contributed by atoms with E-state index >= 15 is 0 Å². The van der Waals surface area contributed by atoms with E-state index in [1.54, 1.807) is 12.1 Å². The highest BCUT2D eigenvalue weighted by Crippen LogP contribution is 2.34. The molecule has 1 aliphatic rings. The number of nitrogens with zero attached hydrogens (tertiary/aromatic N) is 1. The number of nitro groups is 1. The lowest BCUT2D eigenvalue weighted by molar-refractivity contribution is -0.385. The van der Waals surface area contributed by atoms with Crippen molar-refractivity contribution in [2.75, 3.05) is 0 Å². The maximum Gasteiger partial charge on any atom is 0.272 e. The molecular weight excluding hydrogens is 228 g/mol. The third kappa shape index (κ3) is 2.88. The van der Waals surface area contributed by atoms with Crippen LogP contribution in [-0.4, -0.2) is 11.0 Å². The van der Waals surface area contributed by atoms with Crippen LogP contribution in [0.5, 0.6) is 0 Å². The molecule has 1 aromatic carbocycles. The van der Waals surface area contributed by atoms with E-state index < -0.39 is 0 Å². The van der Waals surface area contributed by atoms with Gasteiger partial charge in [-0.05, 0) is 37.7 Å². The number of nitrogens with one attached hydrogen (secondary N) is 1. The van der Waals surface area contributed by atoms with Crippen molar-refractivity contribution < 1.29 is 4.92 Å². The highest BCUT2D eigenvalue weighted by molar-refractivity contribution is 5.44. The maximum absolute atomic E-state index is 10.9. The lowest BCUT2D eigenvalue weighted by Crippen LogP contribution is -2.30. The standard InChI is InChI=1S/C14H20N2O2/c1-3-13(11-7-8-11)15-9-12-5-4-6-14(10(12)2)16(17)18/h4-6,11,13,15H,3,7-9H2,1-2H3. The second kappa shape index (κ2) is 5.48. The molecule has 0 saturated heterocycles. The summed E-state index contributed by atoms with van der Waals surface area (Å²) < 4.78 is 0. The lowest BCUT2D eigenvalue weighted by atomic mass is 10.1. The van der Waals surface area contributed by atoms with Gasteiger partial charge in [0.25, 0.3) is 5.69 Å². The van der Waals surface area contributed by atoms with Crippen LogP contribution in [0.2, 0.25) is 0 Å². The molecule has 2 rings (SSSR count). The summed E-state index contributed by atoms with van der Waals surface area (Å²) in [6.45, 7) is 4.74. The summed E-state index contributed by atoms with van der Waals surface area (Å²) in [6, 6.07) is 5.86. The molecule has 0 spiro atoms. The number of benzene rings is 1. The Kier molecular flexibility index (Phi) is 3.97. The van der Waals surface area contributed by atoms with Gasteiger partial charge in [-0.2, -0.15) is 0 Å². The van der Waals surface area contributed by atoms with E-state index in [9.17, 15) is 10.1 Å². The monoisotopic (exact) mass is 248 g/mol. The van der Waals surface area contributed by atoms with E-state index in [0.717, 1.165) is 30.0 Å². The normalized spacial score (nSPS) is 16.6. The molecule has 98 valence electrons. The van der Waals surface area contributed by atoms with Crippen LogP contribution in [0.4, 0.5) is 5.69 Å².